The van der Waals surface area contributed by atoms with Crippen molar-refractivity contribution >= 4 is 5.82 Å². The zero-order chi connectivity index (χ0) is 12.1. The summed E-state index contributed by atoms with van der Waals surface area (Å²) < 4.78 is 0. The van der Waals surface area contributed by atoms with Gasteiger partial charge in [-0.3, -0.25) is 4.90 Å². The maximum Gasteiger partial charge on any atom is 0.128 e. The molecule has 0 atom stereocenters. The maximum absolute atomic E-state index is 8.95. The molecule has 1 aliphatic rings. The first-order valence-corrected chi connectivity index (χ1v) is 5.97. The second-order valence-electron chi connectivity index (χ2n) is 4.24. The van der Waals surface area contributed by atoms with Crippen LogP contribution in [0.3, 0.4) is 0 Å². The molecule has 1 aromatic heterocycles. The SMILES string of the molecule is OCCN1CCN(c2ccc(CO)cn2)CC1. The predicted octanol–water partition coefficient (Wildman–Crippen LogP) is -0.312. The molecule has 17 heavy (non-hydrogen) atoms. The normalized spacial score (nSPS) is 17.4. The number of aromatic nitrogens is 1. The van der Waals surface area contributed by atoms with Crippen molar-refractivity contribution in [3.05, 3.63) is 23.9 Å². The summed E-state index contributed by atoms with van der Waals surface area (Å²) >= 11 is 0. The van der Waals surface area contributed by atoms with Crippen LogP contribution < -0.4 is 4.90 Å². The van der Waals surface area contributed by atoms with Crippen LogP contribution in [0.4, 0.5) is 5.82 Å². The van der Waals surface area contributed by atoms with Crippen molar-refractivity contribution in [2.45, 2.75) is 6.61 Å². The number of β-amino-alcohol motifs (C(OH)–C–C–N with tert-alkyl or cyclic N) is 1. The van der Waals surface area contributed by atoms with Gasteiger partial charge in [-0.05, 0) is 11.6 Å². The number of hydrogen-bond acceptors (Lipinski definition) is 5. The van der Waals surface area contributed by atoms with Crippen LogP contribution in [0.5, 0.6) is 0 Å². The molecule has 1 fully saturated rings. The Bertz CT molecular complexity index is 334. The fourth-order valence-corrected chi connectivity index (χ4v) is 2.04. The highest BCUT2D eigenvalue weighted by atomic mass is 16.3. The Morgan fingerprint density at radius 3 is 2.41 bits per heavy atom. The highest BCUT2D eigenvalue weighted by molar-refractivity contribution is 5.39. The van der Waals surface area contributed by atoms with Gasteiger partial charge in [0.15, 0.2) is 0 Å². The van der Waals surface area contributed by atoms with E-state index in [4.69, 9.17) is 10.2 Å². The van der Waals surface area contributed by atoms with Gasteiger partial charge >= 0.3 is 0 Å². The molecule has 1 saturated heterocycles. The van der Waals surface area contributed by atoms with Crippen molar-refractivity contribution < 1.29 is 10.2 Å². The van der Waals surface area contributed by atoms with Gasteiger partial charge in [-0.1, -0.05) is 6.07 Å². The molecular weight excluding hydrogens is 218 g/mol. The lowest BCUT2D eigenvalue weighted by Crippen LogP contribution is -2.47. The second-order valence-corrected chi connectivity index (χ2v) is 4.24. The first-order valence-electron chi connectivity index (χ1n) is 5.97. The number of pyridine rings is 1. The number of piperazine rings is 1. The molecule has 0 bridgehead atoms. The standard InChI is InChI=1S/C12H19N3O2/c16-8-7-14-3-5-15(6-4-14)12-2-1-11(10-17)9-13-12/h1-2,9,16-17H,3-8,10H2. The molecule has 94 valence electrons. The van der Waals surface area contributed by atoms with Crippen molar-refractivity contribution in [2.75, 3.05) is 44.2 Å². The highest BCUT2D eigenvalue weighted by Gasteiger charge is 2.17. The minimum absolute atomic E-state index is 0.0392. The molecule has 0 aliphatic carbocycles. The molecule has 2 N–H and O–H groups in total. The van der Waals surface area contributed by atoms with Gasteiger partial charge in [0.1, 0.15) is 5.82 Å². The summed E-state index contributed by atoms with van der Waals surface area (Å²) in [5.41, 5.74) is 0.840. The van der Waals surface area contributed by atoms with E-state index in [0.717, 1.165) is 44.1 Å². The van der Waals surface area contributed by atoms with Gasteiger partial charge in [0.25, 0.3) is 0 Å². The van der Waals surface area contributed by atoms with Gasteiger partial charge < -0.3 is 15.1 Å². The zero-order valence-electron chi connectivity index (χ0n) is 9.92. The highest BCUT2D eigenvalue weighted by Crippen LogP contribution is 2.13. The Balaban J connectivity index is 1.91. The zero-order valence-corrected chi connectivity index (χ0v) is 9.92. The topological polar surface area (TPSA) is 59.8 Å². The Labute approximate surface area is 101 Å². The van der Waals surface area contributed by atoms with Gasteiger partial charge in [-0.2, -0.15) is 0 Å². The first kappa shape index (κ1) is 12.3. The third kappa shape index (κ3) is 3.15. The summed E-state index contributed by atoms with van der Waals surface area (Å²) in [6.45, 7) is 4.82. The Kier molecular flexibility index (Phi) is 4.30. The van der Waals surface area contributed by atoms with Crippen LogP contribution >= 0.6 is 0 Å². The van der Waals surface area contributed by atoms with E-state index in [-0.39, 0.29) is 13.2 Å². The third-order valence-electron chi connectivity index (χ3n) is 3.10. The van der Waals surface area contributed by atoms with Crippen molar-refractivity contribution in [1.29, 1.82) is 0 Å². The molecule has 0 spiro atoms. The molecule has 0 saturated carbocycles. The van der Waals surface area contributed by atoms with Crippen LogP contribution in [0, 0.1) is 0 Å². The lowest BCUT2D eigenvalue weighted by Gasteiger charge is -2.35. The number of aliphatic hydroxyl groups excluding tert-OH is 2. The summed E-state index contributed by atoms with van der Waals surface area (Å²) in [7, 11) is 0. The lowest BCUT2D eigenvalue weighted by molar-refractivity contribution is 0.188. The molecular formula is C12H19N3O2. The quantitative estimate of drug-likeness (QED) is 0.752. The fraction of sp³-hybridized carbons (Fsp3) is 0.583. The van der Waals surface area contributed by atoms with Crippen LogP contribution in [-0.4, -0.2) is 59.4 Å². The lowest BCUT2D eigenvalue weighted by atomic mass is 10.2. The van der Waals surface area contributed by atoms with Gasteiger partial charge in [-0.15, -0.1) is 0 Å². The van der Waals surface area contributed by atoms with Gasteiger partial charge in [0.05, 0.1) is 13.2 Å². The van der Waals surface area contributed by atoms with Gasteiger partial charge in [0, 0.05) is 38.9 Å². The van der Waals surface area contributed by atoms with Crippen molar-refractivity contribution in [1.82, 2.24) is 9.88 Å². The Morgan fingerprint density at radius 1 is 1.12 bits per heavy atom. The van der Waals surface area contributed by atoms with E-state index in [2.05, 4.69) is 14.8 Å². The molecule has 0 unspecified atom stereocenters. The Hall–Kier alpha value is -1.17. The van der Waals surface area contributed by atoms with Crippen molar-refractivity contribution in [2.24, 2.45) is 0 Å². The van der Waals surface area contributed by atoms with Gasteiger partial charge in [0.2, 0.25) is 0 Å². The van der Waals surface area contributed by atoms with E-state index >= 15 is 0 Å². The maximum atomic E-state index is 8.95. The molecule has 2 heterocycles. The summed E-state index contributed by atoms with van der Waals surface area (Å²) in [4.78, 5) is 8.82. The summed E-state index contributed by atoms with van der Waals surface area (Å²) in [5.74, 6) is 0.964. The predicted molar refractivity (Wildman–Crippen MR) is 65.9 cm³/mol. The van der Waals surface area contributed by atoms with Crippen LogP contribution in [0.2, 0.25) is 0 Å². The molecule has 1 aliphatic heterocycles. The number of hydrogen-bond donors (Lipinski definition) is 2. The van der Waals surface area contributed by atoms with Crippen molar-refractivity contribution in [3.63, 3.8) is 0 Å². The monoisotopic (exact) mass is 237 g/mol. The van der Waals surface area contributed by atoms with Crippen molar-refractivity contribution in [3.8, 4) is 0 Å². The summed E-state index contributed by atoms with van der Waals surface area (Å²) in [5, 5.41) is 17.8. The summed E-state index contributed by atoms with van der Waals surface area (Å²) in [6, 6.07) is 3.86. The second kappa shape index (κ2) is 5.95. The van der Waals surface area contributed by atoms with Gasteiger partial charge in [-0.25, -0.2) is 4.98 Å². The molecule has 5 nitrogen and oxygen atoms in total. The number of anilines is 1. The average Bonchev–Trinajstić information content (AvgIpc) is 2.40. The minimum Gasteiger partial charge on any atom is -0.395 e. The molecule has 0 radical (unpaired) electrons. The summed E-state index contributed by atoms with van der Waals surface area (Å²) in [6.07, 6.45) is 1.72. The van der Waals surface area contributed by atoms with E-state index in [1.54, 1.807) is 6.20 Å². The van der Waals surface area contributed by atoms with Crippen LogP contribution in [-0.2, 0) is 6.61 Å². The van der Waals surface area contributed by atoms with E-state index < -0.39 is 0 Å². The Morgan fingerprint density at radius 2 is 1.88 bits per heavy atom. The van der Waals surface area contributed by atoms with Crippen LogP contribution in [0.25, 0.3) is 0 Å². The van der Waals surface area contributed by atoms with E-state index in [1.807, 2.05) is 12.1 Å². The average molecular weight is 237 g/mol. The largest absolute Gasteiger partial charge is 0.395 e. The number of rotatable bonds is 4. The smallest absolute Gasteiger partial charge is 0.128 e. The minimum atomic E-state index is 0.0392. The van der Waals surface area contributed by atoms with E-state index in [1.165, 1.54) is 0 Å². The number of aliphatic hydroxyl groups is 2. The van der Waals surface area contributed by atoms with E-state index in [9.17, 15) is 0 Å². The number of nitrogens with zero attached hydrogens (tertiary/aromatic N) is 3. The van der Waals surface area contributed by atoms with Crippen LogP contribution in [0.15, 0.2) is 18.3 Å². The molecule has 0 aromatic carbocycles. The van der Waals surface area contributed by atoms with E-state index in [0.29, 0.717) is 0 Å². The first-order chi connectivity index (χ1) is 8.33. The molecule has 2 rings (SSSR count). The third-order valence-corrected chi connectivity index (χ3v) is 3.10. The molecule has 5 heteroatoms. The van der Waals surface area contributed by atoms with Crippen LogP contribution in [0.1, 0.15) is 5.56 Å². The molecule has 1 aromatic rings. The molecule has 0 amide bonds. The fourth-order valence-electron chi connectivity index (χ4n) is 2.04.